The summed E-state index contributed by atoms with van der Waals surface area (Å²) in [5.41, 5.74) is 7.27. The quantitative estimate of drug-likeness (QED) is 0.620. The van der Waals surface area contributed by atoms with E-state index in [-0.39, 0.29) is 0 Å². The number of rotatable bonds is 4. The Bertz CT molecular complexity index is 343. The van der Waals surface area contributed by atoms with Gasteiger partial charge in [-0.2, -0.15) is 0 Å². The van der Waals surface area contributed by atoms with Crippen molar-refractivity contribution >= 4 is 0 Å². The average Bonchev–Trinajstić information content (AvgIpc) is 2.12. The summed E-state index contributed by atoms with van der Waals surface area (Å²) in [6.07, 6.45) is 2.08. The van der Waals surface area contributed by atoms with Crippen LogP contribution in [0.5, 0.6) is 0 Å². The zero-order valence-electron chi connectivity index (χ0n) is 11.8. The van der Waals surface area contributed by atoms with E-state index in [4.69, 9.17) is 5.84 Å². The van der Waals surface area contributed by atoms with Crippen molar-refractivity contribution in [3.8, 4) is 0 Å². The van der Waals surface area contributed by atoms with Crippen LogP contribution in [0.4, 0.5) is 0 Å². The van der Waals surface area contributed by atoms with Crippen LogP contribution in [-0.2, 0) is 6.42 Å². The van der Waals surface area contributed by atoms with Crippen molar-refractivity contribution in [2.24, 2.45) is 11.3 Å². The van der Waals surface area contributed by atoms with Gasteiger partial charge in [0.05, 0.1) is 0 Å². The summed E-state index contributed by atoms with van der Waals surface area (Å²) in [5.74, 6) is 5.65. The van der Waals surface area contributed by atoms with Gasteiger partial charge in [-0.3, -0.25) is 11.3 Å². The lowest BCUT2D eigenvalue weighted by atomic mass is 9.86. The Labute approximate surface area is 106 Å². The first kappa shape index (κ1) is 14.2. The monoisotopic (exact) mass is 234 g/mol. The first-order valence-corrected chi connectivity index (χ1v) is 6.33. The predicted octanol–water partition coefficient (Wildman–Crippen LogP) is 3.11. The Balaban J connectivity index is 2.73. The Morgan fingerprint density at radius 2 is 1.65 bits per heavy atom. The van der Waals surface area contributed by atoms with Gasteiger partial charge < -0.3 is 0 Å². The predicted molar refractivity (Wildman–Crippen MR) is 74.8 cm³/mol. The van der Waals surface area contributed by atoms with Gasteiger partial charge in [0.1, 0.15) is 0 Å². The van der Waals surface area contributed by atoms with Crippen LogP contribution in [0, 0.1) is 19.3 Å². The normalized spacial score (nSPS) is 13.8. The van der Waals surface area contributed by atoms with Crippen LogP contribution < -0.4 is 11.3 Å². The molecule has 0 fully saturated rings. The summed E-state index contributed by atoms with van der Waals surface area (Å²) in [4.78, 5) is 0. The van der Waals surface area contributed by atoms with Crippen molar-refractivity contribution < 1.29 is 0 Å². The van der Waals surface area contributed by atoms with Gasteiger partial charge in [0.25, 0.3) is 0 Å². The van der Waals surface area contributed by atoms with E-state index in [2.05, 4.69) is 58.2 Å². The maximum atomic E-state index is 5.65. The Hall–Kier alpha value is -0.860. The molecule has 1 aromatic carbocycles. The van der Waals surface area contributed by atoms with Gasteiger partial charge in [-0.25, -0.2) is 0 Å². The van der Waals surface area contributed by atoms with Gasteiger partial charge in [0, 0.05) is 6.04 Å². The smallest absolute Gasteiger partial charge is 0.0255 e. The van der Waals surface area contributed by atoms with Crippen molar-refractivity contribution in [3.63, 3.8) is 0 Å². The molecule has 96 valence electrons. The van der Waals surface area contributed by atoms with E-state index < -0.39 is 0 Å². The van der Waals surface area contributed by atoms with Gasteiger partial charge >= 0.3 is 0 Å². The fraction of sp³-hybridized carbons (Fsp3) is 0.600. The Morgan fingerprint density at radius 3 is 2.06 bits per heavy atom. The molecule has 0 aliphatic heterocycles. The Kier molecular flexibility index (Phi) is 4.72. The molecule has 0 spiro atoms. The molecule has 1 aromatic rings. The van der Waals surface area contributed by atoms with E-state index in [0.29, 0.717) is 11.5 Å². The van der Waals surface area contributed by atoms with Gasteiger partial charge in [0.15, 0.2) is 0 Å². The average molecular weight is 234 g/mol. The van der Waals surface area contributed by atoms with Gasteiger partial charge in [-0.15, -0.1) is 0 Å². The second-order valence-electron chi connectivity index (χ2n) is 6.33. The topological polar surface area (TPSA) is 38.0 Å². The van der Waals surface area contributed by atoms with Crippen LogP contribution in [0.1, 0.15) is 43.9 Å². The summed E-state index contributed by atoms with van der Waals surface area (Å²) < 4.78 is 0. The molecule has 1 unspecified atom stereocenters. The van der Waals surface area contributed by atoms with E-state index in [0.717, 1.165) is 12.8 Å². The molecule has 3 N–H and O–H groups in total. The molecule has 17 heavy (non-hydrogen) atoms. The highest BCUT2D eigenvalue weighted by Crippen LogP contribution is 2.22. The number of hydrogen-bond donors (Lipinski definition) is 2. The van der Waals surface area contributed by atoms with Crippen molar-refractivity contribution in [1.29, 1.82) is 0 Å². The number of aryl methyl sites for hydroxylation is 2. The molecular formula is C15H26N2. The highest BCUT2D eigenvalue weighted by molar-refractivity contribution is 5.29. The Morgan fingerprint density at radius 1 is 1.12 bits per heavy atom. The minimum atomic E-state index is 0.301. The molecule has 1 atom stereocenters. The molecule has 0 aliphatic rings. The lowest BCUT2D eigenvalue weighted by Crippen LogP contribution is -2.39. The number of benzene rings is 1. The fourth-order valence-electron chi connectivity index (χ4n) is 2.40. The van der Waals surface area contributed by atoms with Crippen molar-refractivity contribution in [3.05, 3.63) is 34.9 Å². The summed E-state index contributed by atoms with van der Waals surface area (Å²) in [6.45, 7) is 11.0. The zero-order valence-corrected chi connectivity index (χ0v) is 11.8. The largest absolute Gasteiger partial charge is 0.271 e. The van der Waals surface area contributed by atoms with Gasteiger partial charge in [-0.05, 0) is 37.7 Å². The molecule has 0 heterocycles. The van der Waals surface area contributed by atoms with Gasteiger partial charge in [0.2, 0.25) is 0 Å². The minimum absolute atomic E-state index is 0.301. The molecule has 2 nitrogen and oxygen atoms in total. The van der Waals surface area contributed by atoms with E-state index in [1.807, 2.05) is 0 Å². The van der Waals surface area contributed by atoms with E-state index >= 15 is 0 Å². The van der Waals surface area contributed by atoms with Crippen LogP contribution >= 0.6 is 0 Å². The van der Waals surface area contributed by atoms with Crippen molar-refractivity contribution in [2.45, 2.75) is 53.5 Å². The third-order valence-electron chi connectivity index (χ3n) is 2.86. The number of hydrazine groups is 1. The van der Waals surface area contributed by atoms with E-state index in [9.17, 15) is 0 Å². The van der Waals surface area contributed by atoms with E-state index in [1.54, 1.807) is 0 Å². The maximum Gasteiger partial charge on any atom is 0.0255 e. The summed E-state index contributed by atoms with van der Waals surface area (Å²) in [5, 5.41) is 0. The number of nitrogens with two attached hydrogens (primary N) is 1. The molecular weight excluding hydrogens is 208 g/mol. The second-order valence-corrected chi connectivity index (χ2v) is 6.33. The second kappa shape index (κ2) is 5.65. The van der Waals surface area contributed by atoms with Crippen molar-refractivity contribution in [1.82, 2.24) is 5.43 Å². The molecule has 1 rings (SSSR count). The molecule has 0 saturated heterocycles. The van der Waals surface area contributed by atoms with Gasteiger partial charge in [-0.1, -0.05) is 50.1 Å². The number of nitrogens with one attached hydrogen (secondary N) is 1. The molecule has 2 heteroatoms. The lowest BCUT2D eigenvalue weighted by molar-refractivity contribution is 0.308. The van der Waals surface area contributed by atoms with E-state index in [1.165, 1.54) is 16.7 Å². The SMILES string of the molecule is Cc1cc(C)cc(CC(CC(C)(C)C)NN)c1. The molecule has 0 amide bonds. The number of hydrogen-bond acceptors (Lipinski definition) is 2. The van der Waals surface area contributed by atoms with Crippen molar-refractivity contribution in [2.75, 3.05) is 0 Å². The first-order valence-electron chi connectivity index (χ1n) is 6.33. The van der Waals surface area contributed by atoms with Crippen LogP contribution in [0.3, 0.4) is 0 Å². The highest BCUT2D eigenvalue weighted by Gasteiger charge is 2.18. The standard InChI is InChI=1S/C15H26N2/c1-11-6-12(2)8-13(7-11)9-14(17-16)10-15(3,4)5/h6-8,14,17H,9-10,16H2,1-5H3. The summed E-state index contributed by atoms with van der Waals surface area (Å²) >= 11 is 0. The van der Waals surface area contributed by atoms with Crippen LogP contribution in [-0.4, -0.2) is 6.04 Å². The molecule has 0 aromatic heterocycles. The maximum absolute atomic E-state index is 5.65. The molecule has 0 saturated carbocycles. The third-order valence-corrected chi connectivity index (χ3v) is 2.86. The summed E-state index contributed by atoms with van der Waals surface area (Å²) in [7, 11) is 0. The van der Waals surface area contributed by atoms with Crippen LogP contribution in [0.2, 0.25) is 0 Å². The third kappa shape index (κ3) is 5.33. The summed E-state index contributed by atoms with van der Waals surface area (Å²) in [6, 6.07) is 7.05. The highest BCUT2D eigenvalue weighted by atomic mass is 15.2. The molecule has 0 aliphatic carbocycles. The first-order chi connectivity index (χ1) is 7.80. The van der Waals surface area contributed by atoms with Crippen LogP contribution in [0.25, 0.3) is 0 Å². The molecule has 0 bridgehead atoms. The minimum Gasteiger partial charge on any atom is -0.271 e. The molecule has 0 radical (unpaired) electrons. The van der Waals surface area contributed by atoms with Crippen LogP contribution in [0.15, 0.2) is 18.2 Å². The zero-order chi connectivity index (χ0) is 13.1. The fourth-order valence-corrected chi connectivity index (χ4v) is 2.40. The lowest BCUT2D eigenvalue weighted by Gasteiger charge is -2.25.